The molecule has 0 spiro atoms. The summed E-state index contributed by atoms with van der Waals surface area (Å²) in [6.07, 6.45) is 12.8. The molecule has 3 aromatic rings. The third-order valence-electron chi connectivity index (χ3n) is 5.99. The average molecular weight is 433 g/mol. The predicted molar refractivity (Wildman–Crippen MR) is 134 cm³/mol. The number of aryl methyl sites for hydroxylation is 1. The van der Waals surface area contributed by atoms with Crippen molar-refractivity contribution in [2.24, 2.45) is 0 Å². The van der Waals surface area contributed by atoms with Crippen LogP contribution in [0.4, 0.5) is 0 Å². The number of benzene rings is 2. The number of rotatable bonds is 10. The van der Waals surface area contributed by atoms with Crippen LogP contribution in [0, 0.1) is 0 Å². The lowest BCUT2D eigenvalue weighted by Gasteiger charge is -2.17. The number of unbranched alkanes of at least 4 members (excludes halogenated alkanes) is 2. The van der Waals surface area contributed by atoms with Gasteiger partial charge in [0, 0.05) is 16.5 Å². The number of fused-ring (bicyclic) bond motifs is 1. The zero-order valence-electron chi connectivity index (χ0n) is 19.8. The highest BCUT2D eigenvalue weighted by Crippen LogP contribution is 2.42. The highest BCUT2D eigenvalue weighted by atomic mass is 16.3. The van der Waals surface area contributed by atoms with Crippen molar-refractivity contribution in [1.29, 1.82) is 0 Å². The lowest BCUT2D eigenvalue weighted by atomic mass is 9.90. The Morgan fingerprint density at radius 2 is 1.88 bits per heavy atom. The summed E-state index contributed by atoms with van der Waals surface area (Å²) in [7, 11) is 0. The van der Waals surface area contributed by atoms with Crippen LogP contribution >= 0.6 is 0 Å². The topological polar surface area (TPSA) is 69.1 Å². The molecule has 1 heterocycles. The second kappa shape index (κ2) is 11.0. The van der Waals surface area contributed by atoms with Crippen LogP contribution in [0.25, 0.3) is 22.0 Å². The van der Waals surface area contributed by atoms with Crippen molar-refractivity contribution in [3.05, 3.63) is 64.9 Å². The van der Waals surface area contributed by atoms with Crippen molar-refractivity contribution in [3.8, 4) is 22.6 Å². The van der Waals surface area contributed by atoms with Crippen molar-refractivity contribution >= 4 is 10.9 Å². The van der Waals surface area contributed by atoms with E-state index in [9.17, 15) is 10.2 Å². The number of aromatic nitrogens is 2. The van der Waals surface area contributed by atoms with Crippen LogP contribution in [-0.2, 0) is 12.8 Å². The van der Waals surface area contributed by atoms with Crippen LogP contribution in [0.2, 0.25) is 0 Å². The van der Waals surface area contributed by atoms with Gasteiger partial charge in [-0.25, -0.2) is 0 Å². The maximum atomic E-state index is 11.3. The minimum absolute atomic E-state index is 0.176. The monoisotopic (exact) mass is 432 g/mol. The molecule has 1 aromatic heterocycles. The first-order chi connectivity index (χ1) is 15.4. The van der Waals surface area contributed by atoms with E-state index < -0.39 is 0 Å². The van der Waals surface area contributed by atoms with E-state index in [0.717, 1.165) is 66.1 Å². The summed E-state index contributed by atoms with van der Waals surface area (Å²) in [5, 5.41) is 30.2. The minimum Gasteiger partial charge on any atom is -0.508 e. The molecular formula is C28H36N2O2. The Kier molecular flexibility index (Phi) is 8.15. The first-order valence-electron chi connectivity index (χ1n) is 11.7. The molecule has 4 heteroatoms. The Bertz CT molecular complexity index is 1120. The SMILES string of the molecule is CCCCCc1cc(O)c(C/C=C(\C)CCC=C(C)C)c(O)c1-c1ccc2[nH]ncc2c1. The Morgan fingerprint density at radius 3 is 2.62 bits per heavy atom. The largest absolute Gasteiger partial charge is 0.508 e. The Balaban J connectivity index is 1.98. The lowest BCUT2D eigenvalue weighted by Crippen LogP contribution is -1.97. The van der Waals surface area contributed by atoms with Crippen molar-refractivity contribution in [2.45, 2.75) is 72.6 Å². The van der Waals surface area contributed by atoms with Gasteiger partial charge in [-0.2, -0.15) is 5.10 Å². The molecule has 0 radical (unpaired) electrons. The summed E-state index contributed by atoms with van der Waals surface area (Å²) >= 11 is 0. The zero-order chi connectivity index (χ0) is 23.1. The molecule has 0 saturated carbocycles. The number of hydrogen-bond donors (Lipinski definition) is 3. The van der Waals surface area contributed by atoms with E-state index in [-0.39, 0.29) is 11.5 Å². The van der Waals surface area contributed by atoms with Crippen molar-refractivity contribution in [2.75, 3.05) is 0 Å². The summed E-state index contributed by atoms with van der Waals surface area (Å²) in [6.45, 7) is 8.51. The number of aromatic amines is 1. The number of aromatic hydroxyl groups is 2. The van der Waals surface area contributed by atoms with Gasteiger partial charge in [0.25, 0.3) is 0 Å². The van der Waals surface area contributed by atoms with E-state index in [2.05, 4.69) is 56.1 Å². The van der Waals surface area contributed by atoms with Crippen LogP contribution in [-0.4, -0.2) is 20.4 Å². The number of phenols is 2. The van der Waals surface area contributed by atoms with Gasteiger partial charge in [-0.15, -0.1) is 0 Å². The highest BCUT2D eigenvalue weighted by molar-refractivity contribution is 5.87. The summed E-state index contributed by atoms with van der Waals surface area (Å²) in [6, 6.07) is 7.91. The van der Waals surface area contributed by atoms with Gasteiger partial charge in [0.2, 0.25) is 0 Å². The fraction of sp³-hybridized carbons (Fsp3) is 0.393. The number of nitrogens with zero attached hydrogens (tertiary/aromatic N) is 1. The maximum absolute atomic E-state index is 11.3. The summed E-state index contributed by atoms with van der Waals surface area (Å²) in [4.78, 5) is 0. The van der Waals surface area contributed by atoms with Crippen LogP contribution in [0.3, 0.4) is 0 Å². The van der Waals surface area contributed by atoms with E-state index in [1.165, 1.54) is 11.1 Å². The van der Waals surface area contributed by atoms with Crippen LogP contribution < -0.4 is 0 Å². The summed E-state index contributed by atoms with van der Waals surface area (Å²) in [5.74, 6) is 0.364. The van der Waals surface area contributed by atoms with Crippen LogP contribution in [0.15, 0.2) is 53.8 Å². The molecule has 0 bridgehead atoms. The zero-order valence-corrected chi connectivity index (χ0v) is 19.8. The first kappa shape index (κ1) is 23.6. The van der Waals surface area contributed by atoms with Crippen LogP contribution in [0.1, 0.15) is 70.9 Å². The predicted octanol–water partition coefficient (Wildman–Crippen LogP) is 7.61. The number of phenolic OH excluding ortho intramolecular Hbond substituents is 2. The van der Waals surface area contributed by atoms with Gasteiger partial charge in [0.1, 0.15) is 11.5 Å². The normalized spacial score (nSPS) is 11.8. The van der Waals surface area contributed by atoms with E-state index in [0.29, 0.717) is 12.0 Å². The Labute approximate surface area is 191 Å². The van der Waals surface area contributed by atoms with Crippen molar-refractivity contribution < 1.29 is 10.2 Å². The Morgan fingerprint density at radius 1 is 1.06 bits per heavy atom. The number of hydrogen-bond acceptors (Lipinski definition) is 3. The molecular weight excluding hydrogens is 396 g/mol. The molecule has 0 fully saturated rings. The van der Waals surface area contributed by atoms with Crippen LogP contribution in [0.5, 0.6) is 11.5 Å². The molecule has 2 aromatic carbocycles. The fourth-order valence-corrected chi connectivity index (χ4v) is 4.10. The quantitative estimate of drug-likeness (QED) is 0.228. The van der Waals surface area contributed by atoms with E-state index >= 15 is 0 Å². The van der Waals surface area contributed by atoms with Gasteiger partial charge in [0.15, 0.2) is 0 Å². The summed E-state index contributed by atoms with van der Waals surface area (Å²) in [5.41, 5.74) is 6.91. The third-order valence-corrected chi connectivity index (χ3v) is 5.99. The second-order valence-corrected chi connectivity index (χ2v) is 8.96. The van der Waals surface area contributed by atoms with E-state index in [1.54, 1.807) is 6.20 Å². The molecule has 0 atom stereocenters. The third kappa shape index (κ3) is 5.82. The molecule has 170 valence electrons. The number of allylic oxidation sites excluding steroid dienone is 4. The lowest BCUT2D eigenvalue weighted by molar-refractivity contribution is 0.440. The highest BCUT2D eigenvalue weighted by Gasteiger charge is 2.19. The van der Waals surface area contributed by atoms with E-state index in [1.807, 2.05) is 18.2 Å². The Hall–Kier alpha value is -3.01. The van der Waals surface area contributed by atoms with Crippen molar-refractivity contribution in [3.63, 3.8) is 0 Å². The maximum Gasteiger partial charge on any atom is 0.130 e. The molecule has 3 N–H and O–H groups in total. The first-order valence-corrected chi connectivity index (χ1v) is 11.7. The van der Waals surface area contributed by atoms with Crippen molar-refractivity contribution in [1.82, 2.24) is 10.2 Å². The van der Waals surface area contributed by atoms with E-state index in [4.69, 9.17) is 0 Å². The fourth-order valence-electron chi connectivity index (χ4n) is 4.10. The van der Waals surface area contributed by atoms with Gasteiger partial charge >= 0.3 is 0 Å². The molecule has 0 aliphatic rings. The molecule has 0 aliphatic carbocycles. The molecule has 0 aliphatic heterocycles. The van der Waals surface area contributed by atoms with Gasteiger partial charge in [0.05, 0.1) is 11.7 Å². The number of nitrogens with one attached hydrogen (secondary N) is 1. The summed E-state index contributed by atoms with van der Waals surface area (Å²) < 4.78 is 0. The molecule has 0 saturated heterocycles. The van der Waals surface area contributed by atoms with Gasteiger partial charge in [-0.05, 0) is 82.2 Å². The molecule has 0 unspecified atom stereocenters. The smallest absolute Gasteiger partial charge is 0.130 e. The minimum atomic E-state index is 0.176. The average Bonchev–Trinajstić information content (AvgIpc) is 3.21. The van der Waals surface area contributed by atoms with Gasteiger partial charge in [-0.1, -0.05) is 49.1 Å². The molecule has 0 amide bonds. The standard InChI is InChI=1S/C28H36N2O2/c1-5-6-7-11-21-17-26(31)24(14-12-20(4)10-8-9-19(2)3)28(32)27(21)22-13-15-25-23(16-22)18-29-30-25/h9,12-13,15-18,31-32H,5-8,10-11,14H2,1-4H3,(H,29,30)/b20-12+. The van der Waals surface area contributed by atoms with Gasteiger partial charge < -0.3 is 10.2 Å². The number of H-pyrrole nitrogens is 1. The molecule has 4 nitrogen and oxygen atoms in total. The molecule has 3 rings (SSSR count). The molecule has 32 heavy (non-hydrogen) atoms. The van der Waals surface area contributed by atoms with Gasteiger partial charge in [-0.3, -0.25) is 5.10 Å². The second-order valence-electron chi connectivity index (χ2n) is 8.96.